The summed E-state index contributed by atoms with van der Waals surface area (Å²) in [6, 6.07) is 8.27. The molecule has 1 aromatic heterocycles. The second-order valence-corrected chi connectivity index (χ2v) is 5.44. The van der Waals surface area contributed by atoms with Crippen LogP contribution in [0.4, 0.5) is 5.69 Å². The lowest BCUT2D eigenvalue weighted by Crippen LogP contribution is -2.14. The molecular formula is C16H19N3O2. The minimum absolute atomic E-state index is 0.0252. The summed E-state index contributed by atoms with van der Waals surface area (Å²) in [4.78, 5) is 12.1. The number of hydrogen-bond acceptors (Lipinski definition) is 3. The zero-order valence-electron chi connectivity index (χ0n) is 12.1. The number of rotatable bonds is 4. The Bertz CT molecular complexity index is 630. The molecule has 0 bridgehead atoms. The minimum Gasteiger partial charge on any atom is -0.379 e. The second-order valence-electron chi connectivity index (χ2n) is 5.44. The molecule has 1 fully saturated rings. The second kappa shape index (κ2) is 6.10. The smallest absolute Gasteiger partial charge is 0.228 e. The van der Waals surface area contributed by atoms with E-state index in [1.807, 2.05) is 42.1 Å². The molecule has 1 N–H and O–H groups in total. The number of ether oxygens (including phenoxy) is 1. The zero-order valence-corrected chi connectivity index (χ0v) is 12.1. The molecule has 1 atom stereocenters. The Balaban J connectivity index is 1.59. The summed E-state index contributed by atoms with van der Waals surface area (Å²) < 4.78 is 7.21. The average Bonchev–Trinajstić information content (AvgIpc) is 3.08. The van der Waals surface area contributed by atoms with Crippen LogP contribution in [0.25, 0.3) is 0 Å². The molecule has 3 rings (SSSR count). The number of amides is 1. The van der Waals surface area contributed by atoms with Gasteiger partial charge in [0, 0.05) is 12.8 Å². The molecule has 0 radical (unpaired) electrons. The number of aryl methyl sites for hydroxylation is 1. The number of nitrogens with one attached hydrogen (secondary N) is 1. The van der Waals surface area contributed by atoms with E-state index in [1.165, 1.54) is 0 Å². The lowest BCUT2D eigenvalue weighted by molar-refractivity contribution is -0.115. The fourth-order valence-electron chi connectivity index (χ4n) is 2.55. The number of aromatic nitrogens is 2. The van der Waals surface area contributed by atoms with Gasteiger partial charge < -0.3 is 10.1 Å². The van der Waals surface area contributed by atoms with Crippen molar-refractivity contribution in [2.75, 3.05) is 18.5 Å². The van der Waals surface area contributed by atoms with Crippen molar-refractivity contribution in [3.8, 4) is 0 Å². The van der Waals surface area contributed by atoms with Crippen molar-refractivity contribution in [3.05, 3.63) is 47.8 Å². The van der Waals surface area contributed by atoms with Gasteiger partial charge >= 0.3 is 0 Å². The first-order valence-electron chi connectivity index (χ1n) is 7.18. The maximum absolute atomic E-state index is 12.1. The van der Waals surface area contributed by atoms with Crippen LogP contribution in [0.5, 0.6) is 0 Å². The quantitative estimate of drug-likeness (QED) is 0.938. The lowest BCUT2D eigenvalue weighted by Gasteiger charge is -2.07. The number of benzene rings is 1. The third-order valence-electron chi connectivity index (χ3n) is 3.61. The van der Waals surface area contributed by atoms with Crippen LogP contribution < -0.4 is 5.32 Å². The van der Waals surface area contributed by atoms with Crippen molar-refractivity contribution in [1.82, 2.24) is 9.78 Å². The monoisotopic (exact) mass is 285 g/mol. The van der Waals surface area contributed by atoms with Crippen molar-refractivity contribution in [2.24, 2.45) is 0 Å². The van der Waals surface area contributed by atoms with Gasteiger partial charge in [-0.3, -0.25) is 9.48 Å². The van der Waals surface area contributed by atoms with Crippen LogP contribution >= 0.6 is 0 Å². The van der Waals surface area contributed by atoms with Crippen LogP contribution in [0.3, 0.4) is 0 Å². The standard InChI is InChI=1S/C16H19N3O2/c1-12-3-2-4-13(7-12)8-16(20)18-14-9-17-19(10-14)15-5-6-21-11-15/h2-4,7,9-10,15H,5-6,8,11H2,1H3,(H,18,20). The van der Waals surface area contributed by atoms with Crippen LogP contribution in [0.1, 0.15) is 23.6 Å². The molecule has 1 saturated heterocycles. The van der Waals surface area contributed by atoms with E-state index in [1.54, 1.807) is 6.20 Å². The van der Waals surface area contributed by atoms with Crippen molar-refractivity contribution < 1.29 is 9.53 Å². The molecule has 1 aliphatic rings. The maximum atomic E-state index is 12.1. The molecular weight excluding hydrogens is 266 g/mol. The van der Waals surface area contributed by atoms with E-state index in [-0.39, 0.29) is 11.9 Å². The topological polar surface area (TPSA) is 56.2 Å². The summed E-state index contributed by atoms with van der Waals surface area (Å²) in [6.07, 6.45) is 4.90. The summed E-state index contributed by atoms with van der Waals surface area (Å²) in [6.45, 7) is 3.49. The minimum atomic E-state index is -0.0252. The molecule has 0 saturated carbocycles. The number of anilines is 1. The molecule has 1 amide bonds. The molecule has 5 nitrogen and oxygen atoms in total. The average molecular weight is 285 g/mol. The molecule has 0 aliphatic carbocycles. The van der Waals surface area contributed by atoms with Gasteiger partial charge in [0.1, 0.15) is 0 Å². The first-order valence-corrected chi connectivity index (χ1v) is 7.18. The van der Waals surface area contributed by atoms with Crippen molar-refractivity contribution >= 4 is 11.6 Å². The van der Waals surface area contributed by atoms with Gasteiger partial charge in [0.05, 0.1) is 31.0 Å². The Morgan fingerprint density at radius 2 is 2.43 bits per heavy atom. The predicted molar refractivity (Wildman–Crippen MR) is 80.2 cm³/mol. The highest BCUT2D eigenvalue weighted by Gasteiger charge is 2.18. The van der Waals surface area contributed by atoms with E-state index in [2.05, 4.69) is 10.4 Å². The Kier molecular flexibility index (Phi) is 4.01. The Morgan fingerprint density at radius 1 is 1.52 bits per heavy atom. The first-order chi connectivity index (χ1) is 10.2. The summed E-state index contributed by atoms with van der Waals surface area (Å²) >= 11 is 0. The van der Waals surface area contributed by atoms with E-state index >= 15 is 0 Å². The Hall–Kier alpha value is -2.14. The normalized spacial score (nSPS) is 17.9. The molecule has 1 aliphatic heterocycles. The van der Waals surface area contributed by atoms with Crippen LogP contribution in [-0.4, -0.2) is 28.9 Å². The fraction of sp³-hybridized carbons (Fsp3) is 0.375. The number of nitrogens with zero attached hydrogens (tertiary/aromatic N) is 2. The highest BCUT2D eigenvalue weighted by molar-refractivity contribution is 5.92. The third-order valence-corrected chi connectivity index (χ3v) is 3.61. The largest absolute Gasteiger partial charge is 0.379 e. The van der Waals surface area contributed by atoms with E-state index in [9.17, 15) is 4.79 Å². The van der Waals surface area contributed by atoms with Crippen LogP contribution in [0.2, 0.25) is 0 Å². The van der Waals surface area contributed by atoms with Gasteiger partial charge in [-0.25, -0.2) is 0 Å². The molecule has 2 heterocycles. The summed E-state index contributed by atoms with van der Waals surface area (Å²) in [5.41, 5.74) is 2.91. The van der Waals surface area contributed by atoms with Crippen LogP contribution in [0, 0.1) is 6.92 Å². The molecule has 110 valence electrons. The van der Waals surface area contributed by atoms with Gasteiger partial charge in [0.15, 0.2) is 0 Å². The van der Waals surface area contributed by atoms with Gasteiger partial charge in [0.25, 0.3) is 0 Å². The summed E-state index contributed by atoms with van der Waals surface area (Å²) in [7, 11) is 0. The fourth-order valence-corrected chi connectivity index (χ4v) is 2.55. The maximum Gasteiger partial charge on any atom is 0.228 e. The van der Waals surface area contributed by atoms with E-state index < -0.39 is 0 Å². The predicted octanol–water partition coefficient (Wildman–Crippen LogP) is 2.33. The van der Waals surface area contributed by atoms with Gasteiger partial charge in [-0.1, -0.05) is 29.8 Å². The van der Waals surface area contributed by atoms with Gasteiger partial charge in [-0.2, -0.15) is 5.10 Å². The van der Waals surface area contributed by atoms with Crippen molar-refractivity contribution in [1.29, 1.82) is 0 Å². The van der Waals surface area contributed by atoms with Gasteiger partial charge in [0.2, 0.25) is 5.91 Å². The molecule has 0 spiro atoms. The van der Waals surface area contributed by atoms with E-state index in [0.717, 1.165) is 29.8 Å². The number of hydrogen-bond donors (Lipinski definition) is 1. The van der Waals surface area contributed by atoms with Crippen LogP contribution in [-0.2, 0) is 16.0 Å². The third kappa shape index (κ3) is 3.49. The van der Waals surface area contributed by atoms with E-state index in [4.69, 9.17) is 4.74 Å². The van der Waals surface area contributed by atoms with Crippen molar-refractivity contribution in [3.63, 3.8) is 0 Å². The van der Waals surface area contributed by atoms with Gasteiger partial charge in [-0.05, 0) is 18.9 Å². The highest BCUT2D eigenvalue weighted by atomic mass is 16.5. The molecule has 2 aromatic rings. The molecule has 5 heteroatoms. The van der Waals surface area contributed by atoms with Crippen molar-refractivity contribution in [2.45, 2.75) is 25.8 Å². The lowest BCUT2D eigenvalue weighted by atomic mass is 10.1. The summed E-state index contributed by atoms with van der Waals surface area (Å²) in [5, 5.41) is 7.18. The summed E-state index contributed by atoms with van der Waals surface area (Å²) in [5.74, 6) is -0.0252. The van der Waals surface area contributed by atoms with E-state index in [0.29, 0.717) is 13.0 Å². The molecule has 1 unspecified atom stereocenters. The highest BCUT2D eigenvalue weighted by Crippen LogP contribution is 2.19. The van der Waals surface area contributed by atoms with Crippen LogP contribution in [0.15, 0.2) is 36.7 Å². The number of carbonyl (C=O) groups is 1. The first kappa shape index (κ1) is 13.8. The Morgan fingerprint density at radius 3 is 3.19 bits per heavy atom. The van der Waals surface area contributed by atoms with Gasteiger partial charge in [-0.15, -0.1) is 0 Å². The Labute approximate surface area is 123 Å². The number of carbonyl (C=O) groups excluding carboxylic acids is 1. The zero-order chi connectivity index (χ0) is 14.7. The molecule has 21 heavy (non-hydrogen) atoms. The molecule has 1 aromatic carbocycles. The SMILES string of the molecule is Cc1cccc(CC(=O)Nc2cnn(C3CCOC3)c2)c1.